The van der Waals surface area contributed by atoms with Crippen molar-refractivity contribution >= 4 is 11.9 Å². The Balaban J connectivity index is 2.63. The molecule has 3 N–H and O–H groups in total. The summed E-state index contributed by atoms with van der Waals surface area (Å²) in [7, 11) is 0. The molecule has 0 spiro atoms. The summed E-state index contributed by atoms with van der Waals surface area (Å²) >= 11 is 0. The lowest BCUT2D eigenvalue weighted by atomic mass is 10.0. The number of benzene rings is 1. The molecule has 1 rings (SSSR count). The van der Waals surface area contributed by atoms with E-state index in [1.165, 1.54) is 6.08 Å². The first-order chi connectivity index (χ1) is 10.9. The van der Waals surface area contributed by atoms with Crippen molar-refractivity contribution in [1.82, 2.24) is 5.32 Å². The summed E-state index contributed by atoms with van der Waals surface area (Å²) in [6.45, 7) is 7.58. The zero-order valence-corrected chi connectivity index (χ0v) is 13.8. The number of hydrogen-bond acceptors (Lipinski definition) is 4. The van der Waals surface area contributed by atoms with Crippen molar-refractivity contribution < 1.29 is 14.3 Å². The van der Waals surface area contributed by atoms with Crippen LogP contribution in [0, 0.1) is 5.92 Å². The zero-order chi connectivity index (χ0) is 17.2. The Morgan fingerprint density at radius 1 is 1.30 bits per heavy atom. The van der Waals surface area contributed by atoms with Crippen LogP contribution >= 0.6 is 0 Å². The fourth-order valence-corrected chi connectivity index (χ4v) is 2.17. The van der Waals surface area contributed by atoms with Gasteiger partial charge in [0.1, 0.15) is 12.6 Å². The van der Waals surface area contributed by atoms with Crippen molar-refractivity contribution in [2.24, 2.45) is 11.7 Å². The first-order valence-corrected chi connectivity index (χ1v) is 7.81. The molecule has 0 bridgehead atoms. The van der Waals surface area contributed by atoms with Crippen LogP contribution in [-0.4, -0.2) is 30.6 Å². The molecule has 0 aliphatic carbocycles. The second-order valence-corrected chi connectivity index (χ2v) is 5.91. The minimum absolute atomic E-state index is 0.124. The third kappa shape index (κ3) is 7.10. The van der Waals surface area contributed by atoms with Crippen molar-refractivity contribution in [3.63, 3.8) is 0 Å². The maximum atomic E-state index is 12.3. The molecule has 5 heteroatoms. The fraction of sp³-hybridized carbons (Fsp3) is 0.444. The SMILES string of the molecule is C=CCOC(=O)[C@H](CC(C)C)NC(=O)[C@@H](N)Cc1ccccc1. The van der Waals surface area contributed by atoms with Gasteiger partial charge in [-0.05, 0) is 24.3 Å². The molecule has 0 saturated carbocycles. The standard InChI is InChI=1S/C18H26N2O3/c1-4-10-23-18(22)16(11-13(2)3)20-17(21)15(19)12-14-8-6-5-7-9-14/h4-9,13,15-16H,1,10-12,19H2,2-3H3,(H,20,21)/t15-,16-/m0/s1. The second kappa shape index (κ2) is 9.79. The van der Waals surface area contributed by atoms with Crippen molar-refractivity contribution in [2.75, 3.05) is 6.61 Å². The third-order valence-electron chi connectivity index (χ3n) is 3.29. The Kier molecular flexibility index (Phi) is 8.05. The highest BCUT2D eigenvalue weighted by molar-refractivity contribution is 5.87. The van der Waals surface area contributed by atoms with Crippen LogP contribution in [0.3, 0.4) is 0 Å². The van der Waals surface area contributed by atoms with E-state index < -0.39 is 18.1 Å². The van der Waals surface area contributed by atoms with Gasteiger partial charge < -0.3 is 15.8 Å². The first-order valence-electron chi connectivity index (χ1n) is 7.81. The number of hydrogen-bond donors (Lipinski definition) is 2. The van der Waals surface area contributed by atoms with Crippen molar-refractivity contribution in [3.8, 4) is 0 Å². The Labute approximate surface area is 137 Å². The predicted octanol–water partition coefficient (Wildman–Crippen LogP) is 1.82. The van der Waals surface area contributed by atoms with Gasteiger partial charge in [0.15, 0.2) is 0 Å². The van der Waals surface area contributed by atoms with Crippen LogP contribution in [-0.2, 0) is 20.7 Å². The van der Waals surface area contributed by atoms with E-state index >= 15 is 0 Å². The number of carbonyl (C=O) groups excluding carboxylic acids is 2. The van der Waals surface area contributed by atoms with E-state index in [1.807, 2.05) is 44.2 Å². The maximum Gasteiger partial charge on any atom is 0.328 e. The van der Waals surface area contributed by atoms with Gasteiger partial charge in [-0.1, -0.05) is 56.8 Å². The molecule has 0 saturated heterocycles. The number of amides is 1. The summed E-state index contributed by atoms with van der Waals surface area (Å²) in [4.78, 5) is 24.3. The monoisotopic (exact) mass is 318 g/mol. The molecule has 0 aromatic heterocycles. The second-order valence-electron chi connectivity index (χ2n) is 5.91. The van der Waals surface area contributed by atoms with E-state index in [0.29, 0.717) is 12.8 Å². The maximum absolute atomic E-state index is 12.3. The van der Waals surface area contributed by atoms with Gasteiger partial charge in [-0.3, -0.25) is 4.79 Å². The molecule has 1 aromatic rings. The largest absolute Gasteiger partial charge is 0.460 e. The van der Waals surface area contributed by atoms with Crippen LogP contribution in [0.1, 0.15) is 25.8 Å². The molecule has 0 fully saturated rings. The van der Waals surface area contributed by atoms with E-state index in [2.05, 4.69) is 11.9 Å². The molecule has 5 nitrogen and oxygen atoms in total. The van der Waals surface area contributed by atoms with Crippen molar-refractivity contribution in [3.05, 3.63) is 48.6 Å². The van der Waals surface area contributed by atoms with Gasteiger partial charge in [-0.25, -0.2) is 4.79 Å². The lowest BCUT2D eigenvalue weighted by molar-refractivity contribution is -0.147. The van der Waals surface area contributed by atoms with Crippen molar-refractivity contribution in [1.29, 1.82) is 0 Å². The quantitative estimate of drug-likeness (QED) is 0.537. The van der Waals surface area contributed by atoms with E-state index in [0.717, 1.165) is 5.56 Å². The van der Waals surface area contributed by atoms with Crippen LogP contribution < -0.4 is 11.1 Å². The smallest absolute Gasteiger partial charge is 0.328 e. The molecule has 0 aliphatic rings. The molecule has 0 unspecified atom stereocenters. The molecule has 126 valence electrons. The molecule has 1 aromatic carbocycles. The molecule has 23 heavy (non-hydrogen) atoms. The van der Waals surface area contributed by atoms with Crippen LogP contribution in [0.4, 0.5) is 0 Å². The van der Waals surface area contributed by atoms with Crippen molar-refractivity contribution in [2.45, 2.75) is 38.8 Å². The Morgan fingerprint density at radius 2 is 1.96 bits per heavy atom. The number of esters is 1. The Morgan fingerprint density at radius 3 is 2.52 bits per heavy atom. The number of nitrogens with one attached hydrogen (secondary N) is 1. The lowest BCUT2D eigenvalue weighted by Gasteiger charge is -2.21. The summed E-state index contributed by atoms with van der Waals surface area (Å²) in [6.07, 6.45) is 2.41. The van der Waals surface area contributed by atoms with E-state index in [-0.39, 0.29) is 18.4 Å². The van der Waals surface area contributed by atoms with Gasteiger partial charge in [-0.2, -0.15) is 0 Å². The van der Waals surface area contributed by atoms with Gasteiger partial charge in [0.2, 0.25) is 5.91 Å². The highest BCUT2D eigenvalue weighted by Gasteiger charge is 2.25. The highest BCUT2D eigenvalue weighted by Crippen LogP contribution is 2.08. The van der Waals surface area contributed by atoms with E-state index in [9.17, 15) is 9.59 Å². The summed E-state index contributed by atoms with van der Waals surface area (Å²) in [5, 5.41) is 2.70. The minimum atomic E-state index is -0.709. The fourth-order valence-electron chi connectivity index (χ4n) is 2.17. The molecular formula is C18H26N2O3. The van der Waals surface area contributed by atoms with E-state index in [1.54, 1.807) is 0 Å². The van der Waals surface area contributed by atoms with Crippen LogP contribution in [0.5, 0.6) is 0 Å². The topological polar surface area (TPSA) is 81.4 Å². The highest BCUT2D eigenvalue weighted by atomic mass is 16.5. The number of ether oxygens (including phenoxy) is 1. The zero-order valence-electron chi connectivity index (χ0n) is 13.8. The lowest BCUT2D eigenvalue weighted by Crippen LogP contribution is -2.50. The van der Waals surface area contributed by atoms with E-state index in [4.69, 9.17) is 10.5 Å². The van der Waals surface area contributed by atoms with Gasteiger partial charge in [0.25, 0.3) is 0 Å². The molecule has 2 atom stereocenters. The van der Waals surface area contributed by atoms with Gasteiger partial charge >= 0.3 is 5.97 Å². The normalized spacial score (nSPS) is 13.2. The average molecular weight is 318 g/mol. The predicted molar refractivity (Wildman–Crippen MR) is 90.7 cm³/mol. The Hall–Kier alpha value is -2.14. The number of carbonyl (C=O) groups is 2. The average Bonchev–Trinajstić information content (AvgIpc) is 2.52. The number of nitrogens with two attached hydrogens (primary N) is 1. The first kappa shape index (κ1) is 18.9. The van der Waals surface area contributed by atoms with Crippen LogP contribution in [0.2, 0.25) is 0 Å². The van der Waals surface area contributed by atoms with Crippen LogP contribution in [0.15, 0.2) is 43.0 Å². The third-order valence-corrected chi connectivity index (χ3v) is 3.29. The summed E-state index contributed by atoms with van der Waals surface area (Å²) in [5.41, 5.74) is 6.92. The molecule has 0 radical (unpaired) electrons. The molecule has 0 aliphatic heterocycles. The molecular weight excluding hydrogens is 292 g/mol. The summed E-state index contributed by atoms with van der Waals surface area (Å²) in [5.74, 6) is -0.573. The summed E-state index contributed by atoms with van der Waals surface area (Å²) in [6, 6.07) is 8.13. The number of rotatable bonds is 9. The minimum Gasteiger partial charge on any atom is -0.460 e. The van der Waals surface area contributed by atoms with Crippen LogP contribution in [0.25, 0.3) is 0 Å². The van der Waals surface area contributed by atoms with Gasteiger partial charge in [0, 0.05) is 0 Å². The Bertz CT molecular complexity index is 514. The van der Waals surface area contributed by atoms with Gasteiger partial charge in [0.05, 0.1) is 6.04 Å². The van der Waals surface area contributed by atoms with Gasteiger partial charge in [-0.15, -0.1) is 0 Å². The summed E-state index contributed by atoms with van der Waals surface area (Å²) < 4.78 is 5.04. The molecule has 0 heterocycles. The molecule has 1 amide bonds.